The molecule has 1 aromatic rings. The van der Waals surface area contributed by atoms with Crippen LogP contribution in [0.2, 0.25) is 0 Å². The molecule has 16 heteroatoms. The summed E-state index contributed by atoms with van der Waals surface area (Å²) in [5, 5.41) is 14.0. The Balaban J connectivity index is 1.73. The van der Waals surface area contributed by atoms with Crippen molar-refractivity contribution < 1.29 is 51.8 Å². The quantitative estimate of drug-likeness (QED) is 0.277. The van der Waals surface area contributed by atoms with Crippen LogP contribution in [0.5, 0.6) is 0 Å². The van der Waals surface area contributed by atoms with Crippen LogP contribution in [0.3, 0.4) is 0 Å². The molecule has 1 aromatic carbocycles. The molecule has 2 saturated heterocycles. The fourth-order valence-electron chi connectivity index (χ4n) is 5.71. The fourth-order valence-corrected chi connectivity index (χ4v) is 5.71. The maximum Gasteiger partial charge on any atom is 0.452 e. The smallest absolute Gasteiger partial charge is 0.452 e. The largest absolute Gasteiger partial charge is 0.480 e. The number of Topliss-reactive ketones (excluding diaryl/α,β-unsaturated/α-hetero) is 1. The number of likely N-dealkylation sites (tertiary alicyclic amines) is 1. The Morgan fingerprint density at radius 3 is 2.11 bits per heavy atom. The maximum atomic E-state index is 13.6. The first-order valence-corrected chi connectivity index (χ1v) is 15.3. The SMILES string of the molecule is CC(C)[C@H](NC(=O)CN1CC(=O)N(CC(=O)O)C(Cc2ccccc2)C1=O)C(=O)N1CCC[C@H]1C(=O)N[C@H](C(=O)C(F)(F)F)C(C)C. The van der Waals surface area contributed by atoms with Crippen molar-refractivity contribution in [3.8, 4) is 0 Å². The molecule has 0 bridgehead atoms. The minimum absolute atomic E-state index is 0.00850. The second kappa shape index (κ2) is 15.4. The van der Waals surface area contributed by atoms with Crippen LogP contribution >= 0.6 is 0 Å². The molecule has 0 saturated carbocycles. The van der Waals surface area contributed by atoms with Gasteiger partial charge in [-0.15, -0.1) is 0 Å². The summed E-state index contributed by atoms with van der Waals surface area (Å²) in [6, 6.07) is 3.21. The molecule has 4 atom stereocenters. The Labute approximate surface area is 269 Å². The molecular formula is C31H40F3N5O8. The van der Waals surface area contributed by atoms with Crippen LogP contribution in [0, 0.1) is 11.8 Å². The topological polar surface area (TPSA) is 174 Å². The lowest BCUT2D eigenvalue weighted by atomic mass is 9.98. The van der Waals surface area contributed by atoms with Crippen molar-refractivity contribution in [2.75, 3.05) is 26.2 Å². The van der Waals surface area contributed by atoms with Gasteiger partial charge < -0.3 is 30.4 Å². The molecule has 3 rings (SSSR count). The highest BCUT2D eigenvalue weighted by Crippen LogP contribution is 2.24. The third-order valence-electron chi connectivity index (χ3n) is 8.15. The second-order valence-corrected chi connectivity index (χ2v) is 12.4. The van der Waals surface area contributed by atoms with Crippen LogP contribution in [0.4, 0.5) is 13.2 Å². The van der Waals surface area contributed by atoms with E-state index in [2.05, 4.69) is 10.6 Å². The Bertz CT molecular complexity index is 1370. The molecule has 2 fully saturated rings. The molecule has 2 aliphatic rings. The number of amides is 5. The molecule has 258 valence electrons. The first-order valence-electron chi connectivity index (χ1n) is 15.3. The number of rotatable bonds is 13. The molecule has 2 aliphatic heterocycles. The standard InChI is InChI=1S/C31H40F3N5O8/c1-17(2)25(27(44)31(32,33)34)36-28(45)20-11-8-12-38(20)30(47)26(18(3)4)35-22(40)14-37-15-23(41)39(16-24(42)43)21(29(37)46)13-19-9-6-5-7-10-19/h5-7,9-10,17-18,20-21,25-26H,8,11-16H2,1-4H3,(H,35,40)(H,36,45)(H,42,43)/t20-,21?,25-,26-/m0/s1. The average molecular weight is 668 g/mol. The molecule has 13 nitrogen and oxygen atoms in total. The van der Waals surface area contributed by atoms with E-state index < -0.39 is 103 Å². The van der Waals surface area contributed by atoms with E-state index in [1.165, 1.54) is 13.8 Å². The van der Waals surface area contributed by atoms with Crippen molar-refractivity contribution in [2.45, 2.75) is 77.3 Å². The number of ketones is 1. The van der Waals surface area contributed by atoms with Gasteiger partial charge in [0, 0.05) is 13.0 Å². The predicted molar refractivity (Wildman–Crippen MR) is 159 cm³/mol. The zero-order valence-corrected chi connectivity index (χ0v) is 26.6. The van der Waals surface area contributed by atoms with Crippen LogP contribution in [-0.4, -0.2) is 118 Å². The lowest BCUT2D eigenvalue weighted by Gasteiger charge is -2.39. The Hall–Kier alpha value is -4.50. The van der Waals surface area contributed by atoms with Crippen LogP contribution in [0.25, 0.3) is 0 Å². The van der Waals surface area contributed by atoms with Crippen LogP contribution in [0.15, 0.2) is 30.3 Å². The molecule has 47 heavy (non-hydrogen) atoms. The van der Waals surface area contributed by atoms with E-state index in [1.807, 2.05) is 0 Å². The molecule has 5 amide bonds. The highest BCUT2D eigenvalue weighted by molar-refractivity contribution is 5.99. The van der Waals surface area contributed by atoms with Gasteiger partial charge in [-0.3, -0.25) is 33.6 Å². The van der Waals surface area contributed by atoms with Crippen LogP contribution in [0.1, 0.15) is 46.1 Å². The van der Waals surface area contributed by atoms with Crippen molar-refractivity contribution in [1.82, 2.24) is 25.3 Å². The lowest BCUT2D eigenvalue weighted by Crippen LogP contribution is -2.63. The number of benzene rings is 1. The van der Waals surface area contributed by atoms with Gasteiger partial charge in [0.25, 0.3) is 5.78 Å². The zero-order valence-electron chi connectivity index (χ0n) is 26.6. The van der Waals surface area contributed by atoms with Crippen molar-refractivity contribution in [2.24, 2.45) is 11.8 Å². The summed E-state index contributed by atoms with van der Waals surface area (Å²) in [4.78, 5) is 92.8. The third-order valence-corrected chi connectivity index (χ3v) is 8.15. The number of halogens is 3. The number of carbonyl (C=O) groups is 7. The van der Waals surface area contributed by atoms with Crippen LogP contribution < -0.4 is 10.6 Å². The summed E-state index contributed by atoms with van der Waals surface area (Å²) < 4.78 is 39.4. The van der Waals surface area contributed by atoms with E-state index >= 15 is 0 Å². The van der Waals surface area contributed by atoms with E-state index in [0.29, 0.717) is 12.0 Å². The average Bonchev–Trinajstić information content (AvgIpc) is 3.48. The van der Waals surface area contributed by atoms with Gasteiger partial charge in [-0.05, 0) is 30.2 Å². The third kappa shape index (κ3) is 9.29. The summed E-state index contributed by atoms with van der Waals surface area (Å²) in [5.74, 6) is -8.54. The van der Waals surface area contributed by atoms with Crippen LogP contribution in [-0.2, 0) is 40.0 Å². The minimum atomic E-state index is -5.17. The van der Waals surface area contributed by atoms with E-state index in [0.717, 1.165) is 14.7 Å². The first kappa shape index (κ1) is 37.0. The first-order chi connectivity index (χ1) is 21.9. The summed E-state index contributed by atoms with van der Waals surface area (Å²) in [7, 11) is 0. The van der Waals surface area contributed by atoms with Crippen molar-refractivity contribution in [1.29, 1.82) is 0 Å². The number of carboxylic acid groups (broad SMARTS) is 1. The molecule has 0 aliphatic carbocycles. The normalized spacial score (nSPS) is 20.0. The van der Waals surface area contributed by atoms with Crippen molar-refractivity contribution in [3.05, 3.63) is 35.9 Å². The van der Waals surface area contributed by atoms with Crippen molar-refractivity contribution >= 4 is 41.3 Å². The van der Waals surface area contributed by atoms with Gasteiger partial charge in [-0.25, -0.2) is 0 Å². The predicted octanol–water partition coefficient (Wildman–Crippen LogP) is 0.757. The zero-order chi connectivity index (χ0) is 35.2. The molecule has 0 spiro atoms. The van der Waals surface area contributed by atoms with Gasteiger partial charge in [0.1, 0.15) is 37.8 Å². The fraction of sp³-hybridized carbons (Fsp3) is 0.581. The highest BCUT2D eigenvalue weighted by Gasteiger charge is 2.47. The van der Waals surface area contributed by atoms with Gasteiger partial charge in [0.15, 0.2) is 0 Å². The monoisotopic (exact) mass is 667 g/mol. The Kier molecular flexibility index (Phi) is 12.1. The van der Waals surface area contributed by atoms with Crippen molar-refractivity contribution in [3.63, 3.8) is 0 Å². The number of carboxylic acids is 1. The number of alkyl halides is 3. The highest BCUT2D eigenvalue weighted by atomic mass is 19.4. The van der Waals surface area contributed by atoms with E-state index in [9.17, 15) is 51.8 Å². The van der Waals surface area contributed by atoms with Gasteiger partial charge >= 0.3 is 12.1 Å². The Morgan fingerprint density at radius 2 is 1.55 bits per heavy atom. The summed E-state index contributed by atoms with van der Waals surface area (Å²) in [5.41, 5.74) is 0.664. The Morgan fingerprint density at radius 1 is 0.936 bits per heavy atom. The summed E-state index contributed by atoms with van der Waals surface area (Å²) in [6.07, 6.45) is -4.69. The van der Waals surface area contributed by atoms with Gasteiger partial charge in [0.2, 0.25) is 29.5 Å². The number of piperazine rings is 1. The molecular weight excluding hydrogens is 627 g/mol. The van der Waals surface area contributed by atoms with E-state index in [4.69, 9.17) is 0 Å². The van der Waals surface area contributed by atoms with Gasteiger partial charge in [-0.1, -0.05) is 58.0 Å². The number of nitrogens with one attached hydrogen (secondary N) is 2. The molecule has 0 radical (unpaired) electrons. The van der Waals surface area contributed by atoms with E-state index in [-0.39, 0.29) is 19.4 Å². The molecule has 3 N–H and O–H groups in total. The number of aliphatic carboxylic acids is 1. The summed E-state index contributed by atoms with van der Waals surface area (Å²) >= 11 is 0. The summed E-state index contributed by atoms with van der Waals surface area (Å²) in [6.45, 7) is 4.14. The lowest BCUT2D eigenvalue weighted by molar-refractivity contribution is -0.175. The number of hydrogen-bond acceptors (Lipinski definition) is 7. The minimum Gasteiger partial charge on any atom is -0.480 e. The number of nitrogens with zero attached hydrogens (tertiary/aromatic N) is 3. The van der Waals surface area contributed by atoms with Gasteiger partial charge in [-0.2, -0.15) is 13.2 Å². The number of hydrogen-bond donors (Lipinski definition) is 3. The molecule has 2 heterocycles. The second-order valence-electron chi connectivity index (χ2n) is 12.4. The van der Waals surface area contributed by atoms with E-state index in [1.54, 1.807) is 44.2 Å². The van der Waals surface area contributed by atoms with Gasteiger partial charge in [0.05, 0.1) is 6.04 Å². The molecule has 0 aromatic heterocycles. The number of carbonyl (C=O) groups excluding carboxylic acids is 6. The maximum absolute atomic E-state index is 13.6. The molecule has 1 unspecified atom stereocenters.